The maximum Gasteiger partial charge on any atom is 0.262 e. The largest absolute Gasteiger partial charge is 0.504 e. The van der Waals surface area contributed by atoms with Crippen molar-refractivity contribution in [3.8, 4) is 17.2 Å². The molecule has 0 saturated carbocycles. The Morgan fingerprint density at radius 2 is 2.00 bits per heavy atom. The molecular formula is C19H23N3O4. The van der Waals surface area contributed by atoms with E-state index < -0.39 is 6.04 Å². The second kappa shape index (κ2) is 9.31. The van der Waals surface area contributed by atoms with Gasteiger partial charge in [-0.25, -0.2) is 5.43 Å². The van der Waals surface area contributed by atoms with Crippen molar-refractivity contribution in [1.29, 1.82) is 0 Å². The molecule has 7 nitrogen and oxygen atoms in total. The zero-order valence-corrected chi connectivity index (χ0v) is 15.0. The maximum atomic E-state index is 12.1. The van der Waals surface area contributed by atoms with E-state index in [0.29, 0.717) is 17.9 Å². The highest BCUT2D eigenvalue weighted by atomic mass is 16.5. The molecule has 0 saturated heterocycles. The molecule has 2 aromatic carbocycles. The fourth-order valence-corrected chi connectivity index (χ4v) is 2.20. The van der Waals surface area contributed by atoms with Crippen molar-refractivity contribution in [2.24, 2.45) is 5.10 Å². The summed E-state index contributed by atoms with van der Waals surface area (Å²) in [4.78, 5) is 12.1. The lowest BCUT2D eigenvalue weighted by atomic mass is 10.2. The van der Waals surface area contributed by atoms with Gasteiger partial charge in [0.1, 0.15) is 11.8 Å². The van der Waals surface area contributed by atoms with E-state index in [9.17, 15) is 9.90 Å². The number of carbonyl (C=O) groups is 1. The topological polar surface area (TPSA) is 92.2 Å². The molecule has 0 aliphatic heterocycles. The van der Waals surface area contributed by atoms with Gasteiger partial charge in [0.2, 0.25) is 0 Å². The van der Waals surface area contributed by atoms with E-state index >= 15 is 0 Å². The molecule has 0 spiro atoms. The van der Waals surface area contributed by atoms with Gasteiger partial charge in [-0.3, -0.25) is 4.79 Å². The second-order valence-corrected chi connectivity index (χ2v) is 5.46. The van der Waals surface area contributed by atoms with E-state index in [1.807, 2.05) is 31.2 Å². The number of para-hydroxylation sites is 1. The molecule has 0 fully saturated rings. The van der Waals surface area contributed by atoms with Crippen LogP contribution >= 0.6 is 0 Å². The number of hydrogen-bond donors (Lipinski definition) is 3. The van der Waals surface area contributed by atoms with Gasteiger partial charge >= 0.3 is 0 Å². The quantitative estimate of drug-likeness (QED) is 0.499. The van der Waals surface area contributed by atoms with E-state index in [2.05, 4.69) is 15.8 Å². The van der Waals surface area contributed by atoms with Crippen molar-refractivity contribution in [1.82, 2.24) is 5.43 Å². The molecule has 26 heavy (non-hydrogen) atoms. The third-order valence-corrected chi connectivity index (χ3v) is 3.57. The first kappa shape index (κ1) is 19.1. The molecule has 7 heteroatoms. The summed E-state index contributed by atoms with van der Waals surface area (Å²) in [5.74, 6) is 0.773. The van der Waals surface area contributed by atoms with Crippen LogP contribution in [0.2, 0.25) is 0 Å². The summed E-state index contributed by atoms with van der Waals surface area (Å²) in [7, 11) is 1.46. The lowest BCUT2D eigenvalue weighted by Gasteiger charge is -2.14. The predicted octanol–water partition coefficient (Wildman–Crippen LogP) is 2.75. The molecule has 0 aliphatic rings. The first-order chi connectivity index (χ1) is 12.5. The zero-order valence-electron chi connectivity index (χ0n) is 15.0. The van der Waals surface area contributed by atoms with Gasteiger partial charge in [0.25, 0.3) is 5.91 Å². The van der Waals surface area contributed by atoms with Gasteiger partial charge in [-0.15, -0.1) is 0 Å². The average molecular weight is 357 g/mol. The zero-order chi connectivity index (χ0) is 18.9. The minimum Gasteiger partial charge on any atom is -0.504 e. The number of carbonyl (C=O) groups excluding carboxylic acids is 1. The van der Waals surface area contributed by atoms with Gasteiger partial charge in [-0.2, -0.15) is 5.10 Å². The summed E-state index contributed by atoms with van der Waals surface area (Å²) in [6.07, 6.45) is 1.36. The average Bonchev–Trinajstić information content (AvgIpc) is 2.64. The molecule has 0 aliphatic carbocycles. The summed E-state index contributed by atoms with van der Waals surface area (Å²) < 4.78 is 10.4. The number of aromatic hydroxyl groups is 1. The summed E-state index contributed by atoms with van der Waals surface area (Å²) in [5.41, 5.74) is 3.68. The molecule has 0 heterocycles. The Morgan fingerprint density at radius 3 is 2.65 bits per heavy atom. The van der Waals surface area contributed by atoms with Crippen molar-refractivity contribution >= 4 is 17.8 Å². The molecule has 1 unspecified atom stereocenters. The van der Waals surface area contributed by atoms with Crippen molar-refractivity contribution in [3.63, 3.8) is 0 Å². The van der Waals surface area contributed by atoms with Crippen LogP contribution in [0.4, 0.5) is 5.69 Å². The maximum absolute atomic E-state index is 12.1. The lowest BCUT2D eigenvalue weighted by molar-refractivity contribution is -0.121. The number of anilines is 1. The summed E-state index contributed by atoms with van der Waals surface area (Å²) in [5, 5.41) is 16.9. The molecule has 2 rings (SSSR count). The SMILES string of the molecule is CCOc1ccc(NC(C)C(=O)NN=Cc2cccc(OC)c2O)cc1. The minimum absolute atomic E-state index is 0.0337. The van der Waals surface area contributed by atoms with Crippen LogP contribution in [0, 0.1) is 0 Å². The lowest BCUT2D eigenvalue weighted by Crippen LogP contribution is -2.34. The van der Waals surface area contributed by atoms with Gasteiger partial charge in [0.05, 0.1) is 19.9 Å². The summed E-state index contributed by atoms with van der Waals surface area (Å²) in [6, 6.07) is 11.9. The van der Waals surface area contributed by atoms with Crippen LogP contribution in [-0.2, 0) is 4.79 Å². The first-order valence-electron chi connectivity index (χ1n) is 8.23. The third kappa shape index (κ3) is 5.14. The van der Waals surface area contributed by atoms with Crippen molar-refractivity contribution in [2.45, 2.75) is 19.9 Å². The number of benzene rings is 2. The number of methoxy groups -OCH3 is 1. The number of rotatable bonds is 8. The van der Waals surface area contributed by atoms with Gasteiger partial charge in [0, 0.05) is 11.3 Å². The minimum atomic E-state index is -0.496. The Labute approximate surface area is 152 Å². The van der Waals surface area contributed by atoms with Crippen molar-refractivity contribution in [2.75, 3.05) is 19.0 Å². The molecule has 3 N–H and O–H groups in total. The second-order valence-electron chi connectivity index (χ2n) is 5.46. The summed E-state index contributed by atoms with van der Waals surface area (Å²) in [6.45, 7) is 4.25. The number of amides is 1. The molecule has 2 aromatic rings. The molecular weight excluding hydrogens is 334 g/mol. The molecule has 0 radical (unpaired) electrons. The van der Waals surface area contributed by atoms with Crippen LogP contribution in [0.25, 0.3) is 0 Å². The van der Waals surface area contributed by atoms with Gasteiger partial charge in [-0.05, 0) is 50.2 Å². The van der Waals surface area contributed by atoms with Gasteiger partial charge in [-0.1, -0.05) is 6.07 Å². The van der Waals surface area contributed by atoms with Gasteiger partial charge < -0.3 is 19.9 Å². The van der Waals surface area contributed by atoms with E-state index in [0.717, 1.165) is 11.4 Å². The molecule has 1 amide bonds. The molecule has 1 atom stereocenters. The Bertz CT molecular complexity index is 760. The Balaban J connectivity index is 1.90. The Morgan fingerprint density at radius 1 is 1.27 bits per heavy atom. The van der Waals surface area contributed by atoms with Crippen molar-refractivity contribution < 1.29 is 19.4 Å². The van der Waals surface area contributed by atoms with Crippen LogP contribution in [0.1, 0.15) is 19.4 Å². The standard InChI is InChI=1S/C19H23N3O4/c1-4-26-16-10-8-15(9-11-16)21-13(2)19(24)22-20-12-14-6-5-7-17(25-3)18(14)23/h5-13,21,23H,4H2,1-3H3,(H,22,24). The summed E-state index contributed by atoms with van der Waals surface area (Å²) >= 11 is 0. The Kier molecular flexibility index (Phi) is 6.84. The number of ether oxygens (including phenoxy) is 2. The predicted molar refractivity (Wildman–Crippen MR) is 101 cm³/mol. The third-order valence-electron chi connectivity index (χ3n) is 3.57. The number of hydrogen-bond acceptors (Lipinski definition) is 6. The number of phenols is 1. The van der Waals surface area contributed by atoms with Crippen LogP contribution in [-0.4, -0.2) is 37.0 Å². The molecule has 0 bridgehead atoms. The van der Waals surface area contributed by atoms with Crippen LogP contribution in [0.5, 0.6) is 17.2 Å². The smallest absolute Gasteiger partial charge is 0.262 e. The fourth-order valence-electron chi connectivity index (χ4n) is 2.20. The highest BCUT2D eigenvalue weighted by Gasteiger charge is 2.12. The molecule has 138 valence electrons. The molecule has 0 aromatic heterocycles. The van der Waals surface area contributed by atoms with Crippen LogP contribution < -0.4 is 20.2 Å². The Hall–Kier alpha value is -3.22. The first-order valence-corrected chi connectivity index (χ1v) is 8.23. The van der Waals surface area contributed by atoms with Crippen molar-refractivity contribution in [3.05, 3.63) is 48.0 Å². The highest BCUT2D eigenvalue weighted by molar-refractivity contribution is 5.88. The normalized spacial score (nSPS) is 11.8. The highest BCUT2D eigenvalue weighted by Crippen LogP contribution is 2.27. The number of nitrogens with one attached hydrogen (secondary N) is 2. The number of nitrogens with zero attached hydrogens (tertiary/aromatic N) is 1. The van der Waals surface area contributed by atoms with Crippen LogP contribution in [0.3, 0.4) is 0 Å². The number of hydrazone groups is 1. The van der Waals surface area contributed by atoms with E-state index in [-0.39, 0.29) is 11.7 Å². The fraction of sp³-hybridized carbons (Fsp3) is 0.263. The van der Waals surface area contributed by atoms with Gasteiger partial charge in [0.15, 0.2) is 11.5 Å². The van der Waals surface area contributed by atoms with E-state index in [1.54, 1.807) is 25.1 Å². The van der Waals surface area contributed by atoms with E-state index in [4.69, 9.17) is 9.47 Å². The van der Waals surface area contributed by atoms with E-state index in [1.165, 1.54) is 13.3 Å². The number of phenolic OH excluding ortho intramolecular Hbond substituents is 1. The monoisotopic (exact) mass is 357 g/mol. The van der Waals surface area contributed by atoms with Crippen LogP contribution in [0.15, 0.2) is 47.6 Å².